The van der Waals surface area contributed by atoms with Crippen LogP contribution in [0.4, 0.5) is 0 Å². The fourth-order valence-electron chi connectivity index (χ4n) is 1.77. The van der Waals surface area contributed by atoms with E-state index in [2.05, 4.69) is 19.1 Å². The first-order chi connectivity index (χ1) is 7.77. The van der Waals surface area contributed by atoms with E-state index < -0.39 is 0 Å². The molecule has 0 aromatic rings. The summed E-state index contributed by atoms with van der Waals surface area (Å²) in [5.74, 6) is 1.23. The van der Waals surface area contributed by atoms with E-state index in [-0.39, 0.29) is 5.97 Å². The molecule has 0 radical (unpaired) electrons. The van der Waals surface area contributed by atoms with Gasteiger partial charge in [-0.05, 0) is 31.1 Å². The van der Waals surface area contributed by atoms with Gasteiger partial charge in [0.15, 0.2) is 0 Å². The molecule has 0 aliphatic heterocycles. The van der Waals surface area contributed by atoms with Crippen LogP contribution in [0.3, 0.4) is 0 Å². The molecule has 2 atom stereocenters. The fourth-order valence-corrected chi connectivity index (χ4v) is 1.77. The molecule has 0 saturated heterocycles. The van der Waals surface area contributed by atoms with E-state index in [1.807, 2.05) is 6.92 Å². The summed E-state index contributed by atoms with van der Waals surface area (Å²) in [4.78, 5) is 11.1. The Hall–Kier alpha value is -0.790. The van der Waals surface area contributed by atoms with Crippen LogP contribution in [0.5, 0.6) is 0 Å². The third-order valence-electron chi connectivity index (χ3n) is 3.00. The molecule has 0 spiro atoms. The minimum atomic E-state index is -0.0388. The van der Waals surface area contributed by atoms with E-state index in [4.69, 9.17) is 4.74 Å². The third-order valence-corrected chi connectivity index (χ3v) is 3.00. The van der Waals surface area contributed by atoms with Crippen molar-refractivity contribution in [1.82, 2.24) is 0 Å². The van der Waals surface area contributed by atoms with Crippen LogP contribution in [-0.4, -0.2) is 12.6 Å². The Morgan fingerprint density at radius 3 is 2.88 bits per heavy atom. The zero-order chi connectivity index (χ0) is 11.8. The molecule has 0 N–H and O–H groups in total. The molecular formula is C14H24O2. The van der Waals surface area contributed by atoms with Gasteiger partial charge >= 0.3 is 5.97 Å². The normalized spacial score (nSPS) is 23.6. The smallest absolute Gasteiger partial charge is 0.305 e. The molecule has 1 fully saturated rings. The summed E-state index contributed by atoms with van der Waals surface area (Å²) in [6, 6.07) is 0. The van der Waals surface area contributed by atoms with Crippen molar-refractivity contribution in [3.63, 3.8) is 0 Å². The van der Waals surface area contributed by atoms with Crippen molar-refractivity contribution in [3.05, 3.63) is 12.2 Å². The fraction of sp³-hybridized carbons (Fsp3) is 0.786. The first kappa shape index (κ1) is 13.3. The SMILES string of the molecule is CCCC/C=C\[C@H]1C[C@H]1COC(=O)CCC. The predicted octanol–water partition coefficient (Wildman–Crippen LogP) is 3.71. The quantitative estimate of drug-likeness (QED) is 0.357. The van der Waals surface area contributed by atoms with Crippen LogP contribution in [0.25, 0.3) is 0 Å². The van der Waals surface area contributed by atoms with Crippen molar-refractivity contribution < 1.29 is 9.53 Å². The lowest BCUT2D eigenvalue weighted by molar-refractivity contribution is -0.144. The zero-order valence-corrected chi connectivity index (χ0v) is 10.6. The molecule has 1 saturated carbocycles. The number of hydrogen-bond donors (Lipinski definition) is 0. The van der Waals surface area contributed by atoms with Gasteiger partial charge in [-0.1, -0.05) is 38.8 Å². The monoisotopic (exact) mass is 224 g/mol. The Bertz CT molecular complexity index is 233. The topological polar surface area (TPSA) is 26.3 Å². The average molecular weight is 224 g/mol. The number of unbranched alkanes of at least 4 members (excludes halogenated alkanes) is 2. The van der Waals surface area contributed by atoms with E-state index in [1.165, 1.54) is 25.7 Å². The summed E-state index contributed by atoms with van der Waals surface area (Å²) < 4.78 is 5.19. The zero-order valence-electron chi connectivity index (χ0n) is 10.6. The van der Waals surface area contributed by atoms with Gasteiger partial charge in [0.25, 0.3) is 0 Å². The summed E-state index contributed by atoms with van der Waals surface area (Å²) >= 11 is 0. The maximum absolute atomic E-state index is 11.1. The molecule has 16 heavy (non-hydrogen) atoms. The van der Waals surface area contributed by atoms with Gasteiger partial charge in [0.1, 0.15) is 0 Å². The highest BCUT2D eigenvalue weighted by Crippen LogP contribution is 2.39. The second-order valence-corrected chi connectivity index (χ2v) is 4.66. The first-order valence-corrected chi connectivity index (χ1v) is 6.60. The van der Waals surface area contributed by atoms with E-state index in [1.54, 1.807) is 0 Å². The minimum Gasteiger partial charge on any atom is -0.465 e. The van der Waals surface area contributed by atoms with Gasteiger partial charge < -0.3 is 4.74 Å². The lowest BCUT2D eigenvalue weighted by Gasteiger charge is -2.01. The van der Waals surface area contributed by atoms with Gasteiger partial charge in [-0.2, -0.15) is 0 Å². The van der Waals surface area contributed by atoms with Crippen molar-refractivity contribution in [1.29, 1.82) is 0 Å². The summed E-state index contributed by atoms with van der Waals surface area (Å²) in [6.45, 7) is 4.83. The van der Waals surface area contributed by atoms with Gasteiger partial charge in [-0.3, -0.25) is 4.79 Å². The number of carbonyl (C=O) groups excluding carboxylic acids is 1. The Balaban J connectivity index is 2.01. The maximum atomic E-state index is 11.1. The Morgan fingerprint density at radius 1 is 1.38 bits per heavy atom. The molecule has 0 amide bonds. The highest BCUT2D eigenvalue weighted by atomic mass is 16.5. The number of hydrogen-bond acceptors (Lipinski definition) is 2. The number of carbonyl (C=O) groups is 1. The van der Waals surface area contributed by atoms with Crippen LogP contribution in [0.15, 0.2) is 12.2 Å². The van der Waals surface area contributed by atoms with Crippen molar-refractivity contribution in [3.8, 4) is 0 Å². The summed E-state index contributed by atoms with van der Waals surface area (Å²) in [5.41, 5.74) is 0. The molecule has 2 nitrogen and oxygen atoms in total. The van der Waals surface area contributed by atoms with Gasteiger partial charge in [0, 0.05) is 6.42 Å². The second-order valence-electron chi connectivity index (χ2n) is 4.66. The highest BCUT2D eigenvalue weighted by molar-refractivity contribution is 5.69. The van der Waals surface area contributed by atoms with Crippen LogP contribution in [0, 0.1) is 11.8 Å². The van der Waals surface area contributed by atoms with Crippen LogP contribution in [0.1, 0.15) is 52.4 Å². The molecular weight excluding hydrogens is 200 g/mol. The van der Waals surface area contributed by atoms with Gasteiger partial charge in [-0.25, -0.2) is 0 Å². The van der Waals surface area contributed by atoms with Gasteiger partial charge in [-0.15, -0.1) is 0 Å². The average Bonchev–Trinajstić information content (AvgIpc) is 3.01. The molecule has 2 heteroatoms. The maximum Gasteiger partial charge on any atom is 0.305 e. The van der Waals surface area contributed by atoms with E-state index in [0.717, 1.165) is 6.42 Å². The van der Waals surface area contributed by atoms with Crippen LogP contribution in [0.2, 0.25) is 0 Å². The molecule has 0 unspecified atom stereocenters. The minimum absolute atomic E-state index is 0.0388. The Morgan fingerprint density at radius 2 is 2.19 bits per heavy atom. The first-order valence-electron chi connectivity index (χ1n) is 6.60. The lowest BCUT2D eigenvalue weighted by Crippen LogP contribution is -2.06. The largest absolute Gasteiger partial charge is 0.465 e. The lowest BCUT2D eigenvalue weighted by atomic mass is 10.2. The van der Waals surface area contributed by atoms with Crippen LogP contribution in [-0.2, 0) is 9.53 Å². The summed E-state index contributed by atoms with van der Waals surface area (Å²) in [6.07, 6.45) is 10.9. The molecule has 92 valence electrons. The summed E-state index contributed by atoms with van der Waals surface area (Å²) in [7, 11) is 0. The van der Waals surface area contributed by atoms with Crippen molar-refractivity contribution in [2.24, 2.45) is 11.8 Å². The Labute approximate surface area is 99.1 Å². The van der Waals surface area contributed by atoms with Crippen molar-refractivity contribution >= 4 is 5.97 Å². The van der Waals surface area contributed by atoms with Gasteiger partial charge in [0.05, 0.1) is 6.61 Å². The van der Waals surface area contributed by atoms with Crippen LogP contribution < -0.4 is 0 Å². The molecule has 0 bridgehead atoms. The molecule has 0 aromatic carbocycles. The number of allylic oxidation sites excluding steroid dienone is 2. The predicted molar refractivity (Wildman–Crippen MR) is 66.1 cm³/mol. The number of ether oxygens (including phenoxy) is 1. The number of rotatable bonds is 8. The molecule has 1 aliphatic carbocycles. The standard InChI is InChI=1S/C14H24O2/c1-3-5-6-7-9-12-10-13(12)11-16-14(15)8-4-2/h7,9,12-13H,3-6,8,10-11H2,1-2H3/b9-7-/t12-,13-/m0/s1. The molecule has 0 heterocycles. The summed E-state index contributed by atoms with van der Waals surface area (Å²) in [5, 5.41) is 0. The van der Waals surface area contributed by atoms with E-state index in [0.29, 0.717) is 24.9 Å². The van der Waals surface area contributed by atoms with Crippen molar-refractivity contribution in [2.45, 2.75) is 52.4 Å². The molecule has 1 aliphatic rings. The van der Waals surface area contributed by atoms with E-state index >= 15 is 0 Å². The van der Waals surface area contributed by atoms with Crippen molar-refractivity contribution in [2.75, 3.05) is 6.61 Å². The third kappa shape index (κ3) is 5.34. The van der Waals surface area contributed by atoms with Gasteiger partial charge in [0.2, 0.25) is 0 Å². The van der Waals surface area contributed by atoms with Crippen LogP contribution >= 0.6 is 0 Å². The second kappa shape index (κ2) is 7.48. The Kier molecular flexibility index (Phi) is 6.20. The van der Waals surface area contributed by atoms with E-state index in [9.17, 15) is 4.79 Å². The molecule has 0 aromatic heterocycles. The molecule has 1 rings (SSSR count). The number of esters is 1. The highest BCUT2D eigenvalue weighted by Gasteiger charge is 2.35.